The summed E-state index contributed by atoms with van der Waals surface area (Å²) in [5.41, 5.74) is 8.29. The Hall–Kier alpha value is -2.27. The molecule has 3 N–H and O–H groups in total. The molecular weight excluding hydrogens is 238 g/mol. The molecule has 5 heteroatoms. The van der Waals surface area contributed by atoms with Gasteiger partial charge in [0.25, 0.3) is 0 Å². The number of aromatic nitrogens is 4. The minimum Gasteiger partial charge on any atom is -0.342 e. The van der Waals surface area contributed by atoms with E-state index in [0.29, 0.717) is 0 Å². The molecule has 3 aromatic rings. The summed E-state index contributed by atoms with van der Waals surface area (Å²) in [4.78, 5) is 15.0. The lowest BCUT2D eigenvalue weighted by Gasteiger charge is -1.93. The second kappa shape index (κ2) is 6.61. The van der Waals surface area contributed by atoms with Gasteiger partial charge in [-0.25, -0.2) is 15.0 Å². The summed E-state index contributed by atoms with van der Waals surface area (Å²) in [5, 5.41) is 0. The van der Waals surface area contributed by atoms with Gasteiger partial charge in [0, 0.05) is 0 Å². The number of nitrogens with one attached hydrogen (secondary N) is 1. The smallest absolute Gasteiger partial charge is 0.180 e. The number of rotatable bonds is 2. The van der Waals surface area contributed by atoms with Gasteiger partial charge in [-0.1, -0.05) is 30.3 Å². The molecule has 0 spiro atoms. The molecule has 3 rings (SSSR count). The fourth-order valence-electron chi connectivity index (χ4n) is 1.63. The topological polar surface area (TPSA) is 80.5 Å². The quantitative estimate of drug-likeness (QED) is 0.732. The van der Waals surface area contributed by atoms with Crippen LogP contribution in [-0.2, 0) is 6.42 Å². The van der Waals surface area contributed by atoms with E-state index in [9.17, 15) is 0 Å². The van der Waals surface area contributed by atoms with E-state index in [-0.39, 0.29) is 0 Å². The van der Waals surface area contributed by atoms with E-state index >= 15 is 0 Å². The number of aryl methyl sites for hydroxylation is 1. The van der Waals surface area contributed by atoms with Crippen molar-refractivity contribution >= 4 is 11.2 Å². The van der Waals surface area contributed by atoms with Crippen LogP contribution in [-0.4, -0.2) is 26.5 Å². The van der Waals surface area contributed by atoms with E-state index < -0.39 is 0 Å². The van der Waals surface area contributed by atoms with Crippen molar-refractivity contribution in [2.45, 2.75) is 13.3 Å². The van der Waals surface area contributed by atoms with Crippen LogP contribution in [0.1, 0.15) is 11.4 Å². The van der Waals surface area contributed by atoms with Crippen LogP contribution >= 0.6 is 0 Å². The first-order chi connectivity index (χ1) is 9.29. The Balaban J connectivity index is 0.000000141. The van der Waals surface area contributed by atoms with Crippen molar-refractivity contribution in [3.05, 3.63) is 54.2 Å². The number of hydrogen-bond donors (Lipinski definition) is 2. The molecule has 0 saturated carbocycles. The molecule has 1 aromatic carbocycles. The largest absolute Gasteiger partial charge is 0.342 e. The third-order valence-electron chi connectivity index (χ3n) is 2.57. The first-order valence-electron chi connectivity index (χ1n) is 6.16. The Labute approximate surface area is 111 Å². The Morgan fingerprint density at radius 1 is 1.16 bits per heavy atom. The summed E-state index contributed by atoms with van der Waals surface area (Å²) in [5.74, 6) is 0.750. The fraction of sp³-hybridized carbons (Fsp3) is 0.214. The van der Waals surface area contributed by atoms with E-state index in [1.54, 1.807) is 12.5 Å². The summed E-state index contributed by atoms with van der Waals surface area (Å²) in [6.45, 7) is 2.58. The third-order valence-corrected chi connectivity index (χ3v) is 2.57. The van der Waals surface area contributed by atoms with Gasteiger partial charge in [-0.3, -0.25) is 0 Å². The summed E-state index contributed by atoms with van der Waals surface area (Å²) in [6, 6.07) is 10.3. The standard InChI is InChI=1S/C8H11N.C6H6N4/c9-7-6-8-4-2-1-3-5-8;1-4-7-2-5-6(10-4)9-3-8-5/h1-5H,6-7,9H2;2-3H,1H3,(H,7,8,9,10). The molecule has 0 aliphatic heterocycles. The molecule has 0 fully saturated rings. The van der Waals surface area contributed by atoms with Crippen molar-refractivity contribution in [3.63, 3.8) is 0 Å². The van der Waals surface area contributed by atoms with Gasteiger partial charge in [0.2, 0.25) is 0 Å². The molecular formula is C14H17N5. The molecule has 98 valence electrons. The van der Waals surface area contributed by atoms with Gasteiger partial charge in [-0.05, 0) is 25.5 Å². The molecule has 2 aromatic heterocycles. The second-order valence-corrected chi connectivity index (χ2v) is 4.08. The Morgan fingerprint density at radius 3 is 2.68 bits per heavy atom. The third kappa shape index (κ3) is 3.86. The highest BCUT2D eigenvalue weighted by atomic mass is 15.0. The van der Waals surface area contributed by atoms with Gasteiger partial charge in [0.15, 0.2) is 5.65 Å². The lowest BCUT2D eigenvalue weighted by atomic mass is 10.2. The number of nitrogens with two attached hydrogens (primary N) is 1. The van der Waals surface area contributed by atoms with Gasteiger partial charge in [-0.2, -0.15) is 0 Å². The molecule has 0 aliphatic rings. The number of benzene rings is 1. The van der Waals surface area contributed by atoms with Crippen LogP contribution in [0.4, 0.5) is 0 Å². The SMILES string of the molecule is Cc1ncc2[nH]cnc2n1.NCCc1ccccc1. The van der Waals surface area contributed by atoms with Gasteiger partial charge >= 0.3 is 0 Å². The Bertz CT molecular complexity index is 618. The Kier molecular flexibility index (Phi) is 4.58. The number of nitrogens with zero attached hydrogens (tertiary/aromatic N) is 3. The number of imidazole rings is 1. The molecule has 0 atom stereocenters. The van der Waals surface area contributed by atoms with Crippen LogP contribution in [0.3, 0.4) is 0 Å². The molecule has 5 nitrogen and oxygen atoms in total. The average Bonchev–Trinajstić information content (AvgIpc) is 2.88. The zero-order chi connectivity index (χ0) is 13.5. The van der Waals surface area contributed by atoms with Crippen LogP contribution < -0.4 is 5.73 Å². The summed E-state index contributed by atoms with van der Waals surface area (Å²) in [7, 11) is 0. The minimum absolute atomic E-state index is 0.729. The van der Waals surface area contributed by atoms with Crippen LogP contribution in [0.15, 0.2) is 42.9 Å². The first kappa shape index (κ1) is 13.2. The number of H-pyrrole nitrogens is 1. The molecule has 0 aliphatic carbocycles. The predicted molar refractivity (Wildman–Crippen MR) is 75.6 cm³/mol. The monoisotopic (exact) mass is 255 g/mol. The highest BCUT2D eigenvalue weighted by Crippen LogP contribution is 2.02. The fourth-order valence-corrected chi connectivity index (χ4v) is 1.63. The summed E-state index contributed by atoms with van der Waals surface area (Å²) >= 11 is 0. The lowest BCUT2D eigenvalue weighted by Crippen LogP contribution is -2.01. The van der Waals surface area contributed by atoms with E-state index in [2.05, 4.69) is 32.1 Å². The maximum atomic E-state index is 5.36. The molecule has 0 radical (unpaired) electrons. The lowest BCUT2D eigenvalue weighted by molar-refractivity contribution is 0.969. The average molecular weight is 255 g/mol. The number of hydrogen-bond acceptors (Lipinski definition) is 4. The Morgan fingerprint density at radius 2 is 1.95 bits per heavy atom. The van der Waals surface area contributed by atoms with E-state index in [1.165, 1.54) is 5.56 Å². The highest BCUT2D eigenvalue weighted by molar-refractivity contribution is 5.67. The molecule has 0 amide bonds. The highest BCUT2D eigenvalue weighted by Gasteiger charge is 1.95. The van der Waals surface area contributed by atoms with Crippen molar-refractivity contribution in [3.8, 4) is 0 Å². The molecule has 2 heterocycles. The van der Waals surface area contributed by atoms with Crippen molar-refractivity contribution in [1.29, 1.82) is 0 Å². The van der Waals surface area contributed by atoms with Crippen molar-refractivity contribution in [2.24, 2.45) is 5.73 Å². The van der Waals surface area contributed by atoms with Gasteiger partial charge < -0.3 is 10.7 Å². The number of aromatic amines is 1. The normalized spacial score (nSPS) is 10.0. The predicted octanol–water partition coefficient (Wildman–Crippen LogP) is 1.85. The maximum absolute atomic E-state index is 5.36. The van der Waals surface area contributed by atoms with E-state index in [1.807, 2.05) is 25.1 Å². The van der Waals surface area contributed by atoms with Crippen LogP contribution in [0.5, 0.6) is 0 Å². The van der Waals surface area contributed by atoms with Crippen molar-refractivity contribution in [2.75, 3.05) is 6.54 Å². The second-order valence-electron chi connectivity index (χ2n) is 4.08. The van der Waals surface area contributed by atoms with Gasteiger partial charge in [0.05, 0.1) is 12.5 Å². The maximum Gasteiger partial charge on any atom is 0.180 e. The molecule has 19 heavy (non-hydrogen) atoms. The van der Waals surface area contributed by atoms with Crippen molar-refractivity contribution in [1.82, 2.24) is 19.9 Å². The van der Waals surface area contributed by atoms with Crippen LogP contribution in [0.25, 0.3) is 11.2 Å². The van der Waals surface area contributed by atoms with Crippen molar-refractivity contribution < 1.29 is 0 Å². The van der Waals surface area contributed by atoms with Crippen LogP contribution in [0, 0.1) is 6.92 Å². The molecule has 0 unspecified atom stereocenters. The zero-order valence-electron chi connectivity index (χ0n) is 10.9. The molecule has 0 saturated heterocycles. The molecule has 0 bridgehead atoms. The van der Waals surface area contributed by atoms with Crippen LogP contribution in [0.2, 0.25) is 0 Å². The van der Waals surface area contributed by atoms with E-state index in [4.69, 9.17) is 5.73 Å². The first-order valence-corrected chi connectivity index (χ1v) is 6.16. The summed E-state index contributed by atoms with van der Waals surface area (Å²) < 4.78 is 0. The number of fused-ring (bicyclic) bond motifs is 1. The summed E-state index contributed by atoms with van der Waals surface area (Å²) in [6.07, 6.45) is 4.32. The van der Waals surface area contributed by atoms with Gasteiger partial charge in [0.1, 0.15) is 11.3 Å². The van der Waals surface area contributed by atoms with E-state index in [0.717, 1.165) is 30.0 Å². The zero-order valence-corrected chi connectivity index (χ0v) is 10.9. The minimum atomic E-state index is 0.729. The van der Waals surface area contributed by atoms with Gasteiger partial charge in [-0.15, -0.1) is 0 Å².